The number of halogens is 1. The zero-order valence-electron chi connectivity index (χ0n) is 18.6. The predicted octanol–water partition coefficient (Wildman–Crippen LogP) is 5.74. The van der Waals surface area contributed by atoms with Crippen LogP contribution in [-0.2, 0) is 11.2 Å². The van der Waals surface area contributed by atoms with Gasteiger partial charge in [-0.1, -0.05) is 30.3 Å². The Labute approximate surface area is 215 Å². The number of thiophene rings is 1. The number of fused-ring (bicyclic) bond motifs is 1. The van der Waals surface area contributed by atoms with Gasteiger partial charge in [0.1, 0.15) is 5.75 Å². The van der Waals surface area contributed by atoms with E-state index in [2.05, 4.69) is 25.6 Å². The van der Waals surface area contributed by atoms with E-state index in [4.69, 9.17) is 17.0 Å². The Morgan fingerprint density at radius 3 is 2.53 bits per heavy atom. The molecule has 5 rings (SSSR count). The number of anilines is 1. The molecular weight excluding hydrogens is 497 g/mol. The standard InChI is InChI=1S/C26H18FN5O2S2/c27-18-14-17(31-26(35)32-23(33)13-16-5-2-1-3-6-16)7-8-20(18)34-21-9-12-28-19-15-22(36-24(19)21)25-29-10-4-11-30-25/h1-12,14-15H,13H2,(H2,31,32,33,35). The van der Waals surface area contributed by atoms with Crippen molar-refractivity contribution in [2.24, 2.45) is 0 Å². The number of hydrogen-bond donors (Lipinski definition) is 2. The number of carbonyl (C=O) groups is 1. The maximum atomic E-state index is 14.9. The van der Waals surface area contributed by atoms with Crippen LogP contribution in [0.1, 0.15) is 5.56 Å². The first-order valence-electron chi connectivity index (χ1n) is 10.8. The third kappa shape index (κ3) is 5.51. The molecule has 2 aromatic carbocycles. The number of pyridine rings is 1. The van der Waals surface area contributed by atoms with Gasteiger partial charge in [-0.15, -0.1) is 11.3 Å². The van der Waals surface area contributed by atoms with Crippen LogP contribution in [-0.4, -0.2) is 26.0 Å². The number of rotatable bonds is 6. The van der Waals surface area contributed by atoms with Gasteiger partial charge in [0.2, 0.25) is 5.91 Å². The van der Waals surface area contributed by atoms with Crippen molar-refractivity contribution in [3.8, 4) is 22.2 Å². The van der Waals surface area contributed by atoms with Gasteiger partial charge < -0.3 is 15.4 Å². The summed E-state index contributed by atoms with van der Waals surface area (Å²) in [6.07, 6.45) is 5.13. The summed E-state index contributed by atoms with van der Waals surface area (Å²) in [6.45, 7) is 0. The van der Waals surface area contributed by atoms with E-state index >= 15 is 0 Å². The largest absolute Gasteiger partial charge is 0.453 e. The van der Waals surface area contributed by atoms with Gasteiger partial charge >= 0.3 is 0 Å². The van der Waals surface area contributed by atoms with E-state index in [1.165, 1.54) is 23.5 Å². The molecule has 0 aliphatic carbocycles. The minimum absolute atomic E-state index is 0.0398. The van der Waals surface area contributed by atoms with Crippen LogP contribution < -0.4 is 15.4 Å². The lowest BCUT2D eigenvalue weighted by molar-refractivity contribution is -0.119. The van der Waals surface area contributed by atoms with E-state index in [0.717, 1.165) is 15.1 Å². The Bertz CT molecular complexity index is 1540. The number of thiocarbonyl (C=S) groups is 1. The van der Waals surface area contributed by atoms with Crippen molar-refractivity contribution in [2.45, 2.75) is 6.42 Å². The van der Waals surface area contributed by atoms with E-state index in [9.17, 15) is 9.18 Å². The second-order valence-corrected chi connectivity index (χ2v) is 9.08. The highest BCUT2D eigenvalue weighted by atomic mass is 32.1. The molecule has 2 N–H and O–H groups in total. The molecule has 0 saturated heterocycles. The van der Waals surface area contributed by atoms with Crippen LogP contribution >= 0.6 is 23.6 Å². The SMILES string of the molecule is O=C(Cc1ccccc1)NC(=S)Nc1ccc(Oc2ccnc3cc(-c4ncccn4)sc23)c(F)c1. The van der Waals surface area contributed by atoms with Crippen molar-refractivity contribution in [1.82, 2.24) is 20.3 Å². The lowest BCUT2D eigenvalue weighted by atomic mass is 10.1. The second-order valence-electron chi connectivity index (χ2n) is 7.62. The minimum atomic E-state index is -0.591. The molecule has 0 aliphatic heterocycles. The van der Waals surface area contributed by atoms with Gasteiger partial charge in [0, 0.05) is 36.4 Å². The quantitative estimate of drug-likeness (QED) is 0.279. The molecule has 10 heteroatoms. The molecule has 1 amide bonds. The average molecular weight is 516 g/mol. The number of nitrogens with zero attached hydrogens (tertiary/aromatic N) is 3. The number of aromatic nitrogens is 3. The van der Waals surface area contributed by atoms with Crippen molar-refractivity contribution in [2.75, 3.05) is 5.32 Å². The molecule has 3 heterocycles. The fraction of sp³-hybridized carbons (Fsp3) is 0.0385. The number of carbonyl (C=O) groups excluding carboxylic acids is 1. The molecule has 3 aromatic heterocycles. The Balaban J connectivity index is 1.27. The third-order valence-electron chi connectivity index (χ3n) is 5.03. The molecule has 7 nitrogen and oxygen atoms in total. The van der Waals surface area contributed by atoms with Crippen molar-refractivity contribution < 1.29 is 13.9 Å². The maximum Gasteiger partial charge on any atom is 0.230 e. The monoisotopic (exact) mass is 515 g/mol. The maximum absolute atomic E-state index is 14.9. The van der Waals surface area contributed by atoms with Crippen molar-refractivity contribution in [1.29, 1.82) is 0 Å². The van der Waals surface area contributed by atoms with Crippen molar-refractivity contribution in [3.05, 3.63) is 96.7 Å². The second kappa shape index (κ2) is 10.5. The highest BCUT2D eigenvalue weighted by Crippen LogP contribution is 2.38. The smallest absolute Gasteiger partial charge is 0.230 e. The van der Waals surface area contributed by atoms with Crippen LogP contribution in [0.4, 0.5) is 10.1 Å². The number of ether oxygens (including phenoxy) is 1. The van der Waals surface area contributed by atoms with Crippen LogP contribution in [0, 0.1) is 5.82 Å². The summed E-state index contributed by atoms with van der Waals surface area (Å²) < 4.78 is 21.5. The Morgan fingerprint density at radius 1 is 0.944 bits per heavy atom. The minimum Gasteiger partial charge on any atom is -0.453 e. The summed E-state index contributed by atoms with van der Waals surface area (Å²) in [5.41, 5.74) is 1.95. The molecule has 0 fully saturated rings. The number of hydrogen-bond acceptors (Lipinski definition) is 7. The Kier molecular flexibility index (Phi) is 6.87. The summed E-state index contributed by atoms with van der Waals surface area (Å²) in [4.78, 5) is 25.9. The number of benzene rings is 2. The highest BCUT2D eigenvalue weighted by molar-refractivity contribution is 7.80. The predicted molar refractivity (Wildman–Crippen MR) is 142 cm³/mol. The zero-order chi connectivity index (χ0) is 24.9. The molecule has 0 radical (unpaired) electrons. The lowest BCUT2D eigenvalue weighted by Gasteiger charge is -2.12. The summed E-state index contributed by atoms with van der Waals surface area (Å²) >= 11 is 6.61. The van der Waals surface area contributed by atoms with Gasteiger partial charge in [0.15, 0.2) is 22.5 Å². The fourth-order valence-electron chi connectivity index (χ4n) is 3.43. The highest BCUT2D eigenvalue weighted by Gasteiger charge is 2.14. The molecule has 0 unspecified atom stereocenters. The Hall–Kier alpha value is -4.28. The van der Waals surface area contributed by atoms with E-state index in [1.54, 1.807) is 36.8 Å². The molecule has 0 atom stereocenters. The van der Waals surface area contributed by atoms with Crippen molar-refractivity contribution >= 4 is 50.5 Å². The van der Waals surface area contributed by atoms with Gasteiger partial charge in [-0.2, -0.15) is 0 Å². The molecule has 0 bridgehead atoms. The van der Waals surface area contributed by atoms with Crippen molar-refractivity contribution in [3.63, 3.8) is 0 Å². The first kappa shape index (κ1) is 23.5. The number of amides is 1. The molecule has 0 saturated carbocycles. The van der Waals surface area contributed by atoms with Crippen LogP contribution in [0.15, 0.2) is 85.3 Å². The first-order valence-corrected chi connectivity index (χ1v) is 12.1. The topological polar surface area (TPSA) is 89.0 Å². The zero-order valence-corrected chi connectivity index (χ0v) is 20.3. The van der Waals surface area contributed by atoms with Gasteiger partial charge in [-0.3, -0.25) is 9.78 Å². The van der Waals surface area contributed by atoms with E-state index < -0.39 is 5.82 Å². The lowest BCUT2D eigenvalue weighted by Crippen LogP contribution is -2.35. The molecule has 36 heavy (non-hydrogen) atoms. The molecule has 178 valence electrons. The van der Waals surface area contributed by atoms with Crippen LogP contribution in [0.2, 0.25) is 0 Å². The molecule has 0 spiro atoms. The molecule has 0 aliphatic rings. The van der Waals surface area contributed by atoms with Crippen LogP contribution in [0.25, 0.3) is 20.9 Å². The van der Waals surface area contributed by atoms with Crippen LogP contribution in [0.5, 0.6) is 11.5 Å². The van der Waals surface area contributed by atoms with Crippen LogP contribution in [0.3, 0.4) is 0 Å². The van der Waals surface area contributed by atoms with Gasteiger partial charge in [-0.25, -0.2) is 14.4 Å². The van der Waals surface area contributed by atoms with Gasteiger partial charge in [-0.05, 0) is 42.0 Å². The van der Waals surface area contributed by atoms with E-state index in [-0.39, 0.29) is 23.2 Å². The molecular formula is C26H18FN5O2S2. The molecule has 5 aromatic rings. The number of nitrogens with one attached hydrogen (secondary N) is 2. The average Bonchev–Trinajstić information content (AvgIpc) is 3.32. The normalized spacial score (nSPS) is 10.7. The third-order valence-corrected chi connectivity index (χ3v) is 6.37. The van der Waals surface area contributed by atoms with Gasteiger partial charge in [0.05, 0.1) is 21.5 Å². The summed E-state index contributed by atoms with van der Waals surface area (Å²) in [5.74, 6) is 0.233. The summed E-state index contributed by atoms with van der Waals surface area (Å²) in [5, 5.41) is 5.50. The Morgan fingerprint density at radius 2 is 1.75 bits per heavy atom. The van der Waals surface area contributed by atoms with E-state index in [0.29, 0.717) is 22.8 Å². The first-order chi connectivity index (χ1) is 17.5. The summed E-state index contributed by atoms with van der Waals surface area (Å²) in [6, 6.07) is 19.0. The fourth-order valence-corrected chi connectivity index (χ4v) is 4.67. The van der Waals surface area contributed by atoms with Gasteiger partial charge in [0.25, 0.3) is 0 Å². The van der Waals surface area contributed by atoms with E-state index in [1.807, 2.05) is 36.4 Å². The summed E-state index contributed by atoms with van der Waals surface area (Å²) in [7, 11) is 0.